The molecular weight excluding hydrogens is 252 g/mol. The normalized spacial score (nSPS) is 16.8. The van der Waals surface area contributed by atoms with Gasteiger partial charge in [0.25, 0.3) is 0 Å². The number of nitrogens with one attached hydrogen (secondary N) is 1. The van der Waals surface area contributed by atoms with Gasteiger partial charge in [-0.3, -0.25) is 0 Å². The minimum absolute atomic E-state index is 0.0925. The average molecular weight is 270 g/mol. The van der Waals surface area contributed by atoms with E-state index in [4.69, 9.17) is 15.2 Å². The molecule has 1 aliphatic heterocycles. The SMILES string of the molecule is CC1COc2ccc(NCc3ccc(N)cc3)cc2O1. The molecule has 1 aliphatic rings. The number of hydrogen-bond acceptors (Lipinski definition) is 4. The summed E-state index contributed by atoms with van der Waals surface area (Å²) in [5, 5.41) is 3.37. The fourth-order valence-corrected chi connectivity index (χ4v) is 2.13. The van der Waals surface area contributed by atoms with Crippen LogP contribution in [0.2, 0.25) is 0 Å². The van der Waals surface area contributed by atoms with Crippen LogP contribution >= 0.6 is 0 Å². The molecule has 1 atom stereocenters. The van der Waals surface area contributed by atoms with Gasteiger partial charge in [0.05, 0.1) is 0 Å². The van der Waals surface area contributed by atoms with Gasteiger partial charge >= 0.3 is 0 Å². The van der Waals surface area contributed by atoms with Crippen molar-refractivity contribution in [3.8, 4) is 11.5 Å². The van der Waals surface area contributed by atoms with Crippen molar-refractivity contribution in [1.82, 2.24) is 0 Å². The molecule has 0 saturated heterocycles. The standard InChI is InChI=1S/C16H18N2O2/c1-11-10-19-15-7-6-14(8-16(15)20-11)18-9-12-2-4-13(17)5-3-12/h2-8,11,18H,9-10,17H2,1H3. The van der Waals surface area contributed by atoms with Crippen molar-refractivity contribution in [2.75, 3.05) is 17.7 Å². The van der Waals surface area contributed by atoms with E-state index in [2.05, 4.69) is 5.32 Å². The molecule has 3 N–H and O–H groups in total. The van der Waals surface area contributed by atoms with E-state index in [1.54, 1.807) is 0 Å². The molecular formula is C16H18N2O2. The average Bonchev–Trinajstić information content (AvgIpc) is 2.46. The van der Waals surface area contributed by atoms with Gasteiger partial charge in [-0.2, -0.15) is 0 Å². The van der Waals surface area contributed by atoms with Gasteiger partial charge in [-0.25, -0.2) is 0 Å². The van der Waals surface area contributed by atoms with Crippen LogP contribution in [0.1, 0.15) is 12.5 Å². The Bertz CT molecular complexity index is 596. The van der Waals surface area contributed by atoms with Crippen LogP contribution in [0, 0.1) is 0 Å². The first-order valence-electron chi connectivity index (χ1n) is 6.72. The first-order valence-corrected chi connectivity index (χ1v) is 6.72. The summed E-state index contributed by atoms with van der Waals surface area (Å²) < 4.78 is 11.4. The summed E-state index contributed by atoms with van der Waals surface area (Å²) in [7, 11) is 0. The van der Waals surface area contributed by atoms with Crippen molar-refractivity contribution in [1.29, 1.82) is 0 Å². The molecule has 0 saturated carbocycles. The highest BCUT2D eigenvalue weighted by molar-refractivity contribution is 5.55. The van der Waals surface area contributed by atoms with E-state index in [1.165, 1.54) is 5.56 Å². The topological polar surface area (TPSA) is 56.5 Å². The van der Waals surface area contributed by atoms with Crippen LogP contribution in [0.4, 0.5) is 11.4 Å². The Kier molecular flexibility index (Phi) is 3.37. The van der Waals surface area contributed by atoms with E-state index >= 15 is 0 Å². The van der Waals surface area contributed by atoms with Crippen molar-refractivity contribution >= 4 is 11.4 Å². The van der Waals surface area contributed by atoms with Gasteiger partial charge < -0.3 is 20.5 Å². The van der Waals surface area contributed by atoms with E-state index in [-0.39, 0.29) is 6.10 Å². The fourth-order valence-electron chi connectivity index (χ4n) is 2.13. The van der Waals surface area contributed by atoms with Gasteiger partial charge in [0, 0.05) is 24.0 Å². The lowest BCUT2D eigenvalue weighted by Gasteiger charge is -2.24. The molecule has 0 fully saturated rings. The molecule has 0 aliphatic carbocycles. The maximum absolute atomic E-state index is 5.76. The van der Waals surface area contributed by atoms with Gasteiger partial charge in [-0.1, -0.05) is 12.1 Å². The largest absolute Gasteiger partial charge is 0.486 e. The number of rotatable bonds is 3. The van der Waals surface area contributed by atoms with Crippen LogP contribution < -0.4 is 20.5 Å². The smallest absolute Gasteiger partial charge is 0.163 e. The molecule has 1 unspecified atom stereocenters. The number of benzene rings is 2. The second-order valence-electron chi connectivity index (χ2n) is 5.00. The first kappa shape index (κ1) is 12.7. The molecule has 4 heteroatoms. The molecule has 0 spiro atoms. The van der Waals surface area contributed by atoms with Gasteiger partial charge in [0.2, 0.25) is 0 Å². The Morgan fingerprint density at radius 2 is 1.95 bits per heavy atom. The predicted molar refractivity (Wildman–Crippen MR) is 80.2 cm³/mol. The van der Waals surface area contributed by atoms with Gasteiger partial charge in [-0.05, 0) is 36.8 Å². The Morgan fingerprint density at radius 3 is 2.75 bits per heavy atom. The number of fused-ring (bicyclic) bond motifs is 1. The minimum atomic E-state index is 0.0925. The molecule has 2 aromatic rings. The van der Waals surface area contributed by atoms with Crippen molar-refractivity contribution in [2.24, 2.45) is 0 Å². The van der Waals surface area contributed by atoms with Crippen molar-refractivity contribution in [3.05, 3.63) is 48.0 Å². The highest BCUT2D eigenvalue weighted by Crippen LogP contribution is 2.34. The third kappa shape index (κ3) is 2.79. The lowest BCUT2D eigenvalue weighted by Crippen LogP contribution is -2.25. The van der Waals surface area contributed by atoms with Crippen LogP contribution in [0.25, 0.3) is 0 Å². The monoisotopic (exact) mass is 270 g/mol. The third-order valence-electron chi connectivity index (χ3n) is 3.22. The predicted octanol–water partition coefficient (Wildman–Crippen LogP) is 3.04. The van der Waals surface area contributed by atoms with Crippen LogP contribution in [0.15, 0.2) is 42.5 Å². The van der Waals surface area contributed by atoms with E-state index in [0.717, 1.165) is 29.4 Å². The van der Waals surface area contributed by atoms with E-state index in [9.17, 15) is 0 Å². The Labute approximate surface area is 118 Å². The van der Waals surface area contributed by atoms with Crippen LogP contribution in [-0.4, -0.2) is 12.7 Å². The van der Waals surface area contributed by atoms with E-state index in [1.807, 2.05) is 49.4 Å². The highest BCUT2D eigenvalue weighted by atomic mass is 16.6. The summed E-state index contributed by atoms with van der Waals surface area (Å²) in [5.41, 5.74) is 8.65. The molecule has 20 heavy (non-hydrogen) atoms. The Hall–Kier alpha value is -2.36. The van der Waals surface area contributed by atoms with E-state index < -0.39 is 0 Å². The Morgan fingerprint density at radius 1 is 1.15 bits per heavy atom. The van der Waals surface area contributed by atoms with Crippen LogP contribution in [0.3, 0.4) is 0 Å². The zero-order chi connectivity index (χ0) is 13.9. The van der Waals surface area contributed by atoms with Crippen molar-refractivity contribution in [3.63, 3.8) is 0 Å². The number of ether oxygens (including phenoxy) is 2. The molecule has 3 rings (SSSR count). The molecule has 0 aromatic heterocycles. The molecule has 0 bridgehead atoms. The number of nitrogens with two attached hydrogens (primary N) is 1. The Balaban J connectivity index is 1.69. The number of nitrogen functional groups attached to an aromatic ring is 1. The summed E-state index contributed by atoms with van der Waals surface area (Å²) >= 11 is 0. The van der Waals surface area contributed by atoms with Crippen LogP contribution in [0.5, 0.6) is 11.5 Å². The van der Waals surface area contributed by atoms with Gasteiger partial charge in [-0.15, -0.1) is 0 Å². The fraction of sp³-hybridized carbons (Fsp3) is 0.250. The number of hydrogen-bond donors (Lipinski definition) is 2. The second-order valence-corrected chi connectivity index (χ2v) is 5.00. The highest BCUT2D eigenvalue weighted by Gasteiger charge is 2.17. The molecule has 2 aromatic carbocycles. The van der Waals surface area contributed by atoms with Crippen molar-refractivity contribution < 1.29 is 9.47 Å². The summed E-state index contributed by atoms with van der Waals surface area (Å²) in [6, 6.07) is 13.8. The van der Waals surface area contributed by atoms with Gasteiger partial charge in [0.1, 0.15) is 12.7 Å². The van der Waals surface area contributed by atoms with Crippen molar-refractivity contribution in [2.45, 2.75) is 19.6 Å². The summed E-state index contributed by atoms with van der Waals surface area (Å²) in [6.45, 7) is 3.35. The zero-order valence-electron chi connectivity index (χ0n) is 11.4. The minimum Gasteiger partial charge on any atom is -0.486 e. The molecule has 0 radical (unpaired) electrons. The maximum Gasteiger partial charge on any atom is 0.163 e. The quantitative estimate of drug-likeness (QED) is 0.842. The summed E-state index contributed by atoms with van der Waals surface area (Å²) in [5.74, 6) is 1.60. The molecule has 104 valence electrons. The lowest BCUT2D eigenvalue weighted by molar-refractivity contribution is 0.104. The first-order chi connectivity index (χ1) is 9.70. The molecule has 0 amide bonds. The summed E-state index contributed by atoms with van der Waals surface area (Å²) in [4.78, 5) is 0. The third-order valence-corrected chi connectivity index (χ3v) is 3.22. The second kappa shape index (κ2) is 5.33. The summed E-state index contributed by atoms with van der Waals surface area (Å²) in [6.07, 6.45) is 0.0925. The lowest BCUT2D eigenvalue weighted by atomic mass is 10.2. The maximum atomic E-state index is 5.76. The molecule has 4 nitrogen and oxygen atoms in total. The zero-order valence-corrected chi connectivity index (χ0v) is 11.4. The van der Waals surface area contributed by atoms with E-state index in [0.29, 0.717) is 6.61 Å². The number of anilines is 2. The van der Waals surface area contributed by atoms with Gasteiger partial charge in [0.15, 0.2) is 11.5 Å². The molecule has 1 heterocycles. The van der Waals surface area contributed by atoms with Crippen LogP contribution in [-0.2, 0) is 6.54 Å².